The zero-order valence-corrected chi connectivity index (χ0v) is 24.4. The number of fused-ring (bicyclic) bond motifs is 1. The first-order valence-electron chi connectivity index (χ1n) is 13.9. The molecule has 7 nitrogen and oxygen atoms in total. The standard InChI is InChI=1S/C28H32ClN3O2S.C2HF3O2/c29-22-11-10-21-16-25(35-24(21)17-22)27(33)31-26(20-6-2-1-3-7-20)28(34)30-18-19-12-14-32(15-13-19)23-8-4-5-9-23;3-2(4,5)1(6)7/h1-3,6-7,10-11,16-17,19,23,26H,4-5,8-9,12-15,18H2,(H,30,34)(H,31,33);(H,6,7)/t26-;/m1./s1. The van der Waals surface area contributed by atoms with Crippen LogP contribution in [-0.4, -0.2) is 59.6 Å². The van der Waals surface area contributed by atoms with Crippen LogP contribution in [0.4, 0.5) is 13.2 Å². The number of carbonyl (C=O) groups excluding carboxylic acids is 2. The van der Waals surface area contributed by atoms with Crippen molar-refractivity contribution in [2.75, 3.05) is 19.6 Å². The lowest BCUT2D eigenvalue weighted by Crippen LogP contribution is -2.45. The molecule has 42 heavy (non-hydrogen) atoms. The highest BCUT2D eigenvalue weighted by atomic mass is 35.5. The number of aliphatic carboxylic acids is 1. The summed E-state index contributed by atoms with van der Waals surface area (Å²) in [5, 5.41) is 14.8. The number of nitrogens with one attached hydrogen (secondary N) is 2. The number of benzene rings is 2. The molecule has 0 spiro atoms. The molecule has 0 bridgehead atoms. The molecule has 1 atom stereocenters. The second-order valence-corrected chi connectivity index (χ2v) is 12.1. The number of hydrogen-bond acceptors (Lipinski definition) is 5. The van der Waals surface area contributed by atoms with Crippen molar-refractivity contribution in [3.63, 3.8) is 0 Å². The monoisotopic (exact) mass is 623 g/mol. The van der Waals surface area contributed by atoms with Crippen LogP contribution in [0.15, 0.2) is 54.6 Å². The van der Waals surface area contributed by atoms with Crippen molar-refractivity contribution in [2.45, 2.75) is 56.8 Å². The third-order valence-electron chi connectivity index (χ3n) is 7.67. The van der Waals surface area contributed by atoms with Gasteiger partial charge in [-0.1, -0.05) is 60.8 Å². The van der Waals surface area contributed by atoms with Gasteiger partial charge < -0.3 is 20.6 Å². The van der Waals surface area contributed by atoms with Gasteiger partial charge in [-0.25, -0.2) is 4.79 Å². The molecule has 2 amide bonds. The summed E-state index contributed by atoms with van der Waals surface area (Å²) in [6, 6.07) is 16.9. The molecule has 1 saturated carbocycles. The van der Waals surface area contributed by atoms with Crippen LogP contribution in [-0.2, 0) is 9.59 Å². The maximum atomic E-state index is 13.3. The average molecular weight is 624 g/mol. The second-order valence-electron chi connectivity index (χ2n) is 10.6. The van der Waals surface area contributed by atoms with Crippen molar-refractivity contribution < 1.29 is 32.7 Å². The fraction of sp³-hybridized carbons (Fsp3) is 0.433. The number of carboxylic acid groups (broad SMARTS) is 1. The Morgan fingerprint density at radius 2 is 1.64 bits per heavy atom. The van der Waals surface area contributed by atoms with Gasteiger partial charge in [-0.3, -0.25) is 9.59 Å². The van der Waals surface area contributed by atoms with E-state index in [4.69, 9.17) is 21.5 Å². The Bertz CT molecular complexity index is 1370. The number of carboxylic acids is 1. The van der Waals surface area contributed by atoms with E-state index >= 15 is 0 Å². The van der Waals surface area contributed by atoms with Gasteiger partial charge in [0.05, 0.1) is 4.88 Å². The minimum Gasteiger partial charge on any atom is -0.475 e. The van der Waals surface area contributed by atoms with Crippen LogP contribution in [0.3, 0.4) is 0 Å². The summed E-state index contributed by atoms with van der Waals surface area (Å²) < 4.78 is 32.7. The van der Waals surface area contributed by atoms with E-state index in [0.29, 0.717) is 22.4 Å². The molecule has 2 aromatic carbocycles. The second kappa shape index (κ2) is 14.3. The van der Waals surface area contributed by atoms with E-state index < -0.39 is 18.2 Å². The molecule has 1 saturated heterocycles. The summed E-state index contributed by atoms with van der Waals surface area (Å²) >= 11 is 7.49. The minimum atomic E-state index is -5.08. The number of rotatable bonds is 7. The molecule has 2 heterocycles. The Morgan fingerprint density at radius 1 is 1.00 bits per heavy atom. The summed E-state index contributed by atoms with van der Waals surface area (Å²) in [5.74, 6) is -2.69. The van der Waals surface area contributed by atoms with Crippen LogP contribution < -0.4 is 10.6 Å². The third-order valence-corrected chi connectivity index (χ3v) is 9.01. The van der Waals surface area contributed by atoms with Gasteiger partial charge in [0.2, 0.25) is 5.91 Å². The Balaban J connectivity index is 0.000000517. The van der Waals surface area contributed by atoms with Crippen molar-refractivity contribution in [2.24, 2.45) is 5.92 Å². The van der Waals surface area contributed by atoms with Gasteiger partial charge in [0.25, 0.3) is 5.91 Å². The maximum absolute atomic E-state index is 13.3. The maximum Gasteiger partial charge on any atom is 0.490 e. The summed E-state index contributed by atoms with van der Waals surface area (Å²) in [6.45, 7) is 2.90. The summed E-state index contributed by atoms with van der Waals surface area (Å²) in [4.78, 5) is 38.5. The van der Waals surface area contributed by atoms with Crippen molar-refractivity contribution in [3.8, 4) is 0 Å². The molecule has 0 radical (unpaired) electrons. The van der Waals surface area contributed by atoms with Gasteiger partial charge in [-0.2, -0.15) is 13.2 Å². The summed E-state index contributed by atoms with van der Waals surface area (Å²) in [7, 11) is 0. The molecular formula is C30H33ClF3N3O4S. The highest BCUT2D eigenvalue weighted by Crippen LogP contribution is 2.30. The Labute approximate surface area is 251 Å². The molecule has 1 aromatic heterocycles. The molecule has 1 aliphatic carbocycles. The van der Waals surface area contributed by atoms with Crippen LogP contribution in [0.25, 0.3) is 10.1 Å². The molecule has 2 fully saturated rings. The molecule has 12 heteroatoms. The van der Waals surface area contributed by atoms with E-state index in [1.807, 2.05) is 54.6 Å². The molecule has 5 rings (SSSR count). The van der Waals surface area contributed by atoms with E-state index in [1.54, 1.807) is 0 Å². The molecule has 3 aromatic rings. The largest absolute Gasteiger partial charge is 0.490 e. The van der Waals surface area contributed by atoms with Crippen LogP contribution in [0, 0.1) is 5.92 Å². The first-order valence-corrected chi connectivity index (χ1v) is 15.1. The number of carbonyl (C=O) groups is 3. The lowest BCUT2D eigenvalue weighted by atomic mass is 9.95. The average Bonchev–Trinajstić information content (AvgIpc) is 3.66. The van der Waals surface area contributed by atoms with E-state index in [-0.39, 0.29) is 11.8 Å². The van der Waals surface area contributed by atoms with Crippen LogP contribution in [0.5, 0.6) is 0 Å². The zero-order chi connectivity index (χ0) is 30.3. The van der Waals surface area contributed by atoms with E-state index in [2.05, 4.69) is 15.5 Å². The number of amides is 2. The number of thiophene rings is 1. The highest BCUT2D eigenvalue weighted by Gasteiger charge is 2.38. The number of alkyl halides is 3. The Hall–Kier alpha value is -3.15. The first kappa shape index (κ1) is 31.8. The number of piperidine rings is 1. The molecular weight excluding hydrogens is 591 g/mol. The fourth-order valence-electron chi connectivity index (χ4n) is 5.40. The van der Waals surface area contributed by atoms with Crippen LogP contribution in [0.2, 0.25) is 5.02 Å². The van der Waals surface area contributed by atoms with E-state index in [0.717, 1.165) is 47.6 Å². The number of nitrogens with zero attached hydrogens (tertiary/aromatic N) is 1. The number of hydrogen-bond donors (Lipinski definition) is 3. The number of halogens is 4. The van der Waals surface area contributed by atoms with E-state index in [1.165, 1.54) is 37.0 Å². The van der Waals surface area contributed by atoms with Gasteiger partial charge in [-0.15, -0.1) is 11.3 Å². The lowest BCUT2D eigenvalue weighted by molar-refractivity contribution is -0.192. The van der Waals surface area contributed by atoms with Crippen molar-refractivity contribution in [1.82, 2.24) is 15.5 Å². The normalized spacial score (nSPS) is 17.3. The van der Waals surface area contributed by atoms with Crippen LogP contribution >= 0.6 is 22.9 Å². The fourth-order valence-corrected chi connectivity index (χ4v) is 6.65. The predicted octanol–water partition coefficient (Wildman–Crippen LogP) is 6.43. The zero-order valence-electron chi connectivity index (χ0n) is 22.8. The summed E-state index contributed by atoms with van der Waals surface area (Å²) in [6.07, 6.45) is 2.55. The highest BCUT2D eigenvalue weighted by molar-refractivity contribution is 7.20. The molecule has 2 aliphatic rings. The Kier molecular flexibility index (Phi) is 10.9. The van der Waals surface area contributed by atoms with Crippen molar-refractivity contribution in [1.29, 1.82) is 0 Å². The smallest absolute Gasteiger partial charge is 0.475 e. The van der Waals surface area contributed by atoms with Crippen LogP contribution in [0.1, 0.15) is 59.8 Å². The number of likely N-dealkylation sites (tertiary alicyclic amines) is 1. The van der Waals surface area contributed by atoms with Gasteiger partial charge >= 0.3 is 12.1 Å². The van der Waals surface area contributed by atoms with E-state index in [9.17, 15) is 22.8 Å². The van der Waals surface area contributed by atoms with Gasteiger partial charge in [0.15, 0.2) is 0 Å². The quantitative estimate of drug-likeness (QED) is 0.282. The molecule has 3 N–H and O–H groups in total. The van der Waals surface area contributed by atoms with Gasteiger partial charge in [-0.05, 0) is 73.8 Å². The lowest BCUT2D eigenvalue weighted by Gasteiger charge is -2.36. The minimum absolute atomic E-state index is 0.160. The van der Waals surface area contributed by atoms with Crippen molar-refractivity contribution >= 4 is 50.8 Å². The molecule has 1 aliphatic heterocycles. The molecule has 0 unspecified atom stereocenters. The predicted molar refractivity (Wildman–Crippen MR) is 157 cm³/mol. The van der Waals surface area contributed by atoms with Crippen molar-refractivity contribution in [3.05, 3.63) is 70.1 Å². The Morgan fingerprint density at radius 3 is 2.26 bits per heavy atom. The first-order chi connectivity index (χ1) is 20.0. The SMILES string of the molecule is O=C(N[C@@H](C(=O)NCC1CCN(C2CCCC2)CC1)c1ccccc1)c1cc2ccc(Cl)cc2s1.O=C(O)C(F)(F)F. The summed E-state index contributed by atoms with van der Waals surface area (Å²) in [5.41, 5.74) is 0.776. The third kappa shape index (κ3) is 8.68. The molecule has 226 valence electrons. The van der Waals surface area contributed by atoms with Gasteiger partial charge in [0, 0.05) is 22.3 Å². The van der Waals surface area contributed by atoms with Gasteiger partial charge in [0.1, 0.15) is 6.04 Å². The topological polar surface area (TPSA) is 98.7 Å².